The third-order valence-electron chi connectivity index (χ3n) is 3.53. The van der Waals surface area contributed by atoms with E-state index in [1.807, 2.05) is 6.07 Å². The van der Waals surface area contributed by atoms with Crippen LogP contribution < -0.4 is 5.32 Å². The molecule has 3 rings (SSSR count). The monoisotopic (exact) mass is 258 g/mol. The Hall–Kier alpha value is -2.17. The van der Waals surface area contributed by atoms with E-state index in [-0.39, 0.29) is 24.2 Å². The van der Waals surface area contributed by atoms with Crippen LogP contribution in [-0.2, 0) is 14.3 Å². The molecule has 3 heterocycles. The maximum Gasteiger partial charge on any atom is 0.337 e. The Bertz CT molecular complexity index is 590. The van der Waals surface area contributed by atoms with Crippen LogP contribution in [-0.4, -0.2) is 22.5 Å². The van der Waals surface area contributed by atoms with Gasteiger partial charge in [-0.25, -0.2) is 4.79 Å². The van der Waals surface area contributed by atoms with Crippen molar-refractivity contribution < 1.29 is 14.3 Å². The average molecular weight is 258 g/mol. The molecule has 0 saturated heterocycles. The van der Waals surface area contributed by atoms with Crippen molar-refractivity contribution in [2.45, 2.75) is 31.8 Å². The molecule has 19 heavy (non-hydrogen) atoms. The smallest absolute Gasteiger partial charge is 0.337 e. The maximum atomic E-state index is 12.1. The van der Waals surface area contributed by atoms with Gasteiger partial charge in [-0.05, 0) is 25.5 Å². The Kier molecular flexibility index (Phi) is 2.45. The van der Waals surface area contributed by atoms with Gasteiger partial charge in [-0.2, -0.15) is 0 Å². The van der Waals surface area contributed by atoms with Gasteiger partial charge >= 0.3 is 5.97 Å². The van der Waals surface area contributed by atoms with Gasteiger partial charge in [0, 0.05) is 24.7 Å². The third-order valence-corrected chi connectivity index (χ3v) is 3.53. The van der Waals surface area contributed by atoms with Crippen LogP contribution in [0.5, 0.6) is 0 Å². The van der Waals surface area contributed by atoms with E-state index < -0.39 is 5.60 Å². The number of carbonyl (C=O) groups excluding carboxylic acids is 2. The van der Waals surface area contributed by atoms with E-state index in [9.17, 15) is 9.59 Å². The number of amides is 1. The second kappa shape index (κ2) is 3.91. The van der Waals surface area contributed by atoms with Gasteiger partial charge in [0.05, 0.1) is 11.3 Å². The Morgan fingerprint density at radius 3 is 2.89 bits per heavy atom. The second-order valence-electron chi connectivity index (χ2n) is 5.28. The molecule has 0 saturated carbocycles. The summed E-state index contributed by atoms with van der Waals surface area (Å²) < 4.78 is 5.35. The van der Waals surface area contributed by atoms with Gasteiger partial charge in [-0.1, -0.05) is 6.07 Å². The van der Waals surface area contributed by atoms with Gasteiger partial charge < -0.3 is 10.1 Å². The fraction of sp³-hybridized carbons (Fsp3) is 0.357. The molecule has 5 nitrogen and oxygen atoms in total. The first-order valence-electron chi connectivity index (χ1n) is 6.17. The molecule has 1 aromatic heterocycles. The molecule has 0 bridgehead atoms. The number of hydrogen-bond donors (Lipinski definition) is 1. The van der Waals surface area contributed by atoms with Gasteiger partial charge in [-0.3, -0.25) is 9.78 Å². The summed E-state index contributed by atoms with van der Waals surface area (Å²) in [5.74, 6) is -0.723. The second-order valence-corrected chi connectivity index (χ2v) is 5.28. The van der Waals surface area contributed by atoms with E-state index in [1.54, 1.807) is 32.3 Å². The lowest BCUT2D eigenvalue weighted by Crippen LogP contribution is -2.38. The number of cyclic esters (lactones) is 1. The average Bonchev–Trinajstić information content (AvgIpc) is 2.60. The number of aromatic nitrogens is 1. The molecule has 5 heteroatoms. The highest BCUT2D eigenvalue weighted by Gasteiger charge is 2.47. The van der Waals surface area contributed by atoms with Crippen molar-refractivity contribution in [1.82, 2.24) is 10.3 Å². The lowest BCUT2D eigenvalue weighted by molar-refractivity contribution is -0.144. The zero-order valence-corrected chi connectivity index (χ0v) is 10.8. The predicted molar refractivity (Wildman–Crippen MR) is 66.9 cm³/mol. The van der Waals surface area contributed by atoms with E-state index in [0.717, 1.165) is 5.56 Å². The molecule has 98 valence electrons. The van der Waals surface area contributed by atoms with Crippen LogP contribution in [0.4, 0.5) is 0 Å². The summed E-state index contributed by atoms with van der Waals surface area (Å²) in [6.45, 7) is 3.55. The van der Waals surface area contributed by atoms with Crippen molar-refractivity contribution in [3.8, 4) is 0 Å². The Morgan fingerprint density at radius 2 is 2.21 bits per heavy atom. The quantitative estimate of drug-likeness (QED) is 0.770. The minimum absolute atomic E-state index is 0.0982. The van der Waals surface area contributed by atoms with Crippen molar-refractivity contribution in [3.05, 3.63) is 41.4 Å². The Balaban J connectivity index is 2.13. The predicted octanol–water partition coefficient (Wildman–Crippen LogP) is 1.27. The highest BCUT2D eigenvalue weighted by molar-refractivity contribution is 5.99. The van der Waals surface area contributed by atoms with Gasteiger partial charge in [0.25, 0.3) is 0 Å². The topological polar surface area (TPSA) is 68.3 Å². The van der Waals surface area contributed by atoms with Gasteiger partial charge in [0.2, 0.25) is 5.91 Å². The van der Waals surface area contributed by atoms with Crippen LogP contribution in [0.15, 0.2) is 35.8 Å². The maximum absolute atomic E-state index is 12.1. The lowest BCUT2D eigenvalue weighted by Gasteiger charge is -2.26. The molecule has 0 fully saturated rings. The zero-order valence-electron chi connectivity index (χ0n) is 10.8. The molecule has 0 radical (unpaired) electrons. The first-order valence-corrected chi connectivity index (χ1v) is 6.17. The summed E-state index contributed by atoms with van der Waals surface area (Å²) in [7, 11) is 0. The SMILES string of the molecule is CC1(C)OC(=O)C2=C1NC(=O)CC2c1cccnc1. The lowest BCUT2D eigenvalue weighted by atomic mass is 9.83. The number of esters is 1. The minimum Gasteiger partial charge on any atom is -0.450 e. The normalized spacial score (nSPS) is 24.8. The van der Waals surface area contributed by atoms with Crippen LogP contribution in [0.3, 0.4) is 0 Å². The zero-order chi connectivity index (χ0) is 13.6. The van der Waals surface area contributed by atoms with Crippen LogP contribution in [0, 0.1) is 0 Å². The number of nitrogens with one attached hydrogen (secondary N) is 1. The molecular weight excluding hydrogens is 244 g/mol. The van der Waals surface area contributed by atoms with E-state index in [1.165, 1.54) is 0 Å². The molecule has 2 aliphatic heterocycles. The molecule has 2 aliphatic rings. The van der Waals surface area contributed by atoms with E-state index in [4.69, 9.17) is 4.74 Å². The van der Waals surface area contributed by atoms with Crippen LogP contribution >= 0.6 is 0 Å². The van der Waals surface area contributed by atoms with Crippen LogP contribution in [0.1, 0.15) is 31.7 Å². The van der Waals surface area contributed by atoms with E-state index in [2.05, 4.69) is 10.3 Å². The first kappa shape index (κ1) is 11.9. The number of pyridine rings is 1. The number of rotatable bonds is 1. The number of hydrogen-bond acceptors (Lipinski definition) is 4. The largest absolute Gasteiger partial charge is 0.450 e. The van der Waals surface area contributed by atoms with Gasteiger partial charge in [-0.15, -0.1) is 0 Å². The molecule has 1 aromatic rings. The molecule has 1 atom stereocenters. The summed E-state index contributed by atoms with van der Waals surface area (Å²) in [6.07, 6.45) is 3.60. The molecule has 1 amide bonds. The molecule has 1 N–H and O–H groups in total. The van der Waals surface area contributed by atoms with Crippen LogP contribution in [0.25, 0.3) is 0 Å². The third kappa shape index (κ3) is 1.82. The molecular formula is C14H14N2O3. The molecule has 0 aliphatic carbocycles. The first-order chi connectivity index (χ1) is 8.99. The highest BCUT2D eigenvalue weighted by atomic mass is 16.6. The minimum atomic E-state index is -0.775. The van der Waals surface area contributed by atoms with E-state index >= 15 is 0 Å². The number of carbonyl (C=O) groups is 2. The molecule has 0 aromatic carbocycles. The van der Waals surface area contributed by atoms with Crippen molar-refractivity contribution >= 4 is 11.9 Å². The summed E-state index contributed by atoms with van der Waals surface area (Å²) in [5.41, 5.74) is 1.22. The summed E-state index contributed by atoms with van der Waals surface area (Å²) in [6, 6.07) is 3.67. The van der Waals surface area contributed by atoms with Gasteiger partial charge in [0.15, 0.2) is 0 Å². The van der Waals surface area contributed by atoms with Gasteiger partial charge in [0.1, 0.15) is 5.60 Å². The Morgan fingerprint density at radius 1 is 1.42 bits per heavy atom. The van der Waals surface area contributed by atoms with Crippen molar-refractivity contribution in [2.75, 3.05) is 0 Å². The van der Waals surface area contributed by atoms with Crippen molar-refractivity contribution in [3.63, 3.8) is 0 Å². The Labute approximate surface area is 110 Å². The number of nitrogens with zero attached hydrogens (tertiary/aromatic N) is 1. The van der Waals surface area contributed by atoms with Crippen molar-refractivity contribution in [1.29, 1.82) is 0 Å². The number of ether oxygens (including phenoxy) is 1. The van der Waals surface area contributed by atoms with Crippen LogP contribution in [0.2, 0.25) is 0 Å². The summed E-state index contributed by atoms with van der Waals surface area (Å²) in [4.78, 5) is 28.0. The summed E-state index contributed by atoms with van der Waals surface area (Å²) >= 11 is 0. The molecule has 0 spiro atoms. The van der Waals surface area contributed by atoms with Crippen molar-refractivity contribution in [2.24, 2.45) is 0 Å². The fourth-order valence-electron chi connectivity index (χ4n) is 2.64. The fourth-order valence-corrected chi connectivity index (χ4v) is 2.64. The highest BCUT2D eigenvalue weighted by Crippen LogP contribution is 2.42. The standard InChI is InChI=1S/C14H14N2O3/c1-14(2)12-11(13(18)19-14)9(6-10(17)16-12)8-4-3-5-15-7-8/h3-5,7,9H,6H2,1-2H3,(H,16,17). The molecule has 1 unspecified atom stereocenters. The summed E-state index contributed by atoms with van der Waals surface area (Å²) in [5, 5.41) is 2.77. The van der Waals surface area contributed by atoms with E-state index in [0.29, 0.717) is 11.3 Å².